The number of nitrogens with zero attached hydrogens (tertiary/aromatic N) is 2. The Bertz CT molecular complexity index is 1100. The Morgan fingerprint density at radius 2 is 1.97 bits per heavy atom. The molecule has 0 saturated carbocycles. The number of anilines is 1. The average molecular weight is 417 g/mol. The molecule has 0 saturated heterocycles. The lowest BCUT2D eigenvalue weighted by molar-refractivity contribution is -0.125. The molecule has 2 heterocycles. The summed E-state index contributed by atoms with van der Waals surface area (Å²) in [6.45, 7) is 0.737. The number of aromatic nitrogens is 1. The minimum atomic E-state index is -0.186. The van der Waals surface area contributed by atoms with Crippen LogP contribution in [0.1, 0.15) is 24.0 Å². The van der Waals surface area contributed by atoms with Gasteiger partial charge in [0.15, 0.2) is 0 Å². The van der Waals surface area contributed by atoms with Crippen molar-refractivity contribution in [3.8, 4) is 17.4 Å². The lowest BCUT2D eigenvalue weighted by Crippen LogP contribution is -2.31. The van der Waals surface area contributed by atoms with Gasteiger partial charge in [0.25, 0.3) is 0 Å². The number of nitrogens with one attached hydrogen (secondary N) is 1. The highest BCUT2D eigenvalue weighted by Gasteiger charge is 2.26. The predicted molar refractivity (Wildman–Crippen MR) is 116 cm³/mol. The molecule has 0 fully saturated rings. The van der Waals surface area contributed by atoms with Gasteiger partial charge < -0.3 is 19.7 Å². The summed E-state index contributed by atoms with van der Waals surface area (Å²) in [6, 6.07) is 18.6. The number of amides is 2. The van der Waals surface area contributed by atoms with Gasteiger partial charge in [0.1, 0.15) is 17.2 Å². The van der Waals surface area contributed by atoms with Gasteiger partial charge in [0.2, 0.25) is 17.7 Å². The Morgan fingerprint density at radius 1 is 1.10 bits per heavy atom. The Morgan fingerprint density at radius 3 is 2.84 bits per heavy atom. The summed E-state index contributed by atoms with van der Waals surface area (Å²) in [5.74, 6) is 1.44. The first-order chi connectivity index (χ1) is 15.1. The fourth-order valence-electron chi connectivity index (χ4n) is 3.41. The number of methoxy groups -OCH3 is 1. The maximum atomic E-state index is 13.0. The van der Waals surface area contributed by atoms with Gasteiger partial charge in [0, 0.05) is 31.1 Å². The number of hydrogen-bond acceptors (Lipinski definition) is 5. The molecule has 7 nitrogen and oxygen atoms in total. The van der Waals surface area contributed by atoms with Gasteiger partial charge in [-0.3, -0.25) is 9.59 Å². The predicted octanol–water partition coefficient (Wildman–Crippen LogP) is 3.83. The third-order valence-electron chi connectivity index (χ3n) is 5.04. The van der Waals surface area contributed by atoms with Crippen LogP contribution < -0.4 is 19.7 Å². The molecule has 1 aliphatic rings. The third kappa shape index (κ3) is 4.83. The average Bonchev–Trinajstić information content (AvgIpc) is 2.98. The van der Waals surface area contributed by atoms with Crippen molar-refractivity contribution in [3.63, 3.8) is 0 Å². The number of ether oxygens (including phenoxy) is 2. The van der Waals surface area contributed by atoms with E-state index in [4.69, 9.17) is 9.47 Å². The summed E-state index contributed by atoms with van der Waals surface area (Å²) in [5, 5.41) is 2.85. The highest BCUT2D eigenvalue weighted by atomic mass is 16.5. The zero-order valence-electron chi connectivity index (χ0n) is 17.2. The van der Waals surface area contributed by atoms with Crippen LogP contribution in [-0.2, 0) is 22.7 Å². The van der Waals surface area contributed by atoms with Crippen molar-refractivity contribution in [2.75, 3.05) is 12.0 Å². The second-order valence-electron chi connectivity index (χ2n) is 7.15. The summed E-state index contributed by atoms with van der Waals surface area (Å²) >= 11 is 0. The number of carbonyl (C=O) groups is 2. The van der Waals surface area contributed by atoms with E-state index in [0.29, 0.717) is 30.4 Å². The maximum absolute atomic E-state index is 13.0. The van der Waals surface area contributed by atoms with E-state index < -0.39 is 0 Å². The zero-order chi connectivity index (χ0) is 21.6. The Kier molecular flexibility index (Phi) is 6.12. The molecular formula is C24H23N3O4. The number of carbonyl (C=O) groups excluding carboxylic acids is 2. The van der Waals surface area contributed by atoms with Crippen molar-refractivity contribution in [2.45, 2.75) is 25.9 Å². The molecule has 0 aliphatic carbocycles. The largest absolute Gasteiger partial charge is 0.497 e. The molecule has 0 spiro atoms. The van der Waals surface area contributed by atoms with Crippen molar-refractivity contribution < 1.29 is 19.1 Å². The van der Waals surface area contributed by atoms with Crippen LogP contribution in [0.4, 0.5) is 5.69 Å². The van der Waals surface area contributed by atoms with Crippen LogP contribution in [0.5, 0.6) is 17.4 Å². The molecule has 7 heteroatoms. The molecule has 0 unspecified atom stereocenters. The van der Waals surface area contributed by atoms with E-state index in [-0.39, 0.29) is 24.7 Å². The van der Waals surface area contributed by atoms with Gasteiger partial charge >= 0.3 is 0 Å². The Balaban J connectivity index is 1.40. The van der Waals surface area contributed by atoms with Crippen molar-refractivity contribution in [1.82, 2.24) is 10.3 Å². The molecule has 3 aromatic rings. The lowest BCUT2D eigenvalue weighted by Gasteiger charge is -2.21. The molecule has 2 amide bonds. The molecule has 2 aromatic carbocycles. The van der Waals surface area contributed by atoms with Gasteiger partial charge in [0.05, 0.1) is 13.7 Å². The van der Waals surface area contributed by atoms with Crippen LogP contribution in [0, 0.1) is 0 Å². The van der Waals surface area contributed by atoms with E-state index >= 15 is 0 Å². The first-order valence-corrected chi connectivity index (χ1v) is 10.0. The van der Waals surface area contributed by atoms with E-state index in [9.17, 15) is 9.59 Å². The summed E-state index contributed by atoms with van der Waals surface area (Å²) < 4.78 is 11.1. The molecule has 0 atom stereocenters. The number of hydrogen-bond donors (Lipinski definition) is 1. The summed E-state index contributed by atoms with van der Waals surface area (Å²) in [5.41, 5.74) is 2.41. The third-order valence-corrected chi connectivity index (χ3v) is 5.04. The van der Waals surface area contributed by atoms with Crippen LogP contribution in [0.15, 0.2) is 66.9 Å². The van der Waals surface area contributed by atoms with Crippen molar-refractivity contribution in [1.29, 1.82) is 0 Å². The zero-order valence-corrected chi connectivity index (χ0v) is 17.2. The van der Waals surface area contributed by atoms with Crippen LogP contribution >= 0.6 is 0 Å². The normalized spacial score (nSPS) is 12.1. The van der Waals surface area contributed by atoms with Gasteiger partial charge in [-0.15, -0.1) is 0 Å². The Labute approximate surface area is 180 Å². The molecule has 1 aromatic heterocycles. The van der Waals surface area contributed by atoms with E-state index in [1.165, 1.54) is 0 Å². The van der Waals surface area contributed by atoms with Gasteiger partial charge in [-0.25, -0.2) is 4.98 Å². The van der Waals surface area contributed by atoms with Gasteiger partial charge in [-0.2, -0.15) is 0 Å². The SMILES string of the molecule is COc1cccc(CNC(=O)CCC(=O)N2Cc3ccccc3Oc3ncccc32)c1. The molecule has 0 radical (unpaired) electrons. The molecule has 0 bridgehead atoms. The number of para-hydroxylation sites is 1. The summed E-state index contributed by atoms with van der Waals surface area (Å²) in [4.78, 5) is 31.3. The van der Waals surface area contributed by atoms with E-state index in [1.54, 1.807) is 30.3 Å². The van der Waals surface area contributed by atoms with Crippen molar-refractivity contribution in [3.05, 3.63) is 78.0 Å². The van der Waals surface area contributed by atoms with E-state index in [0.717, 1.165) is 16.9 Å². The van der Waals surface area contributed by atoms with Crippen molar-refractivity contribution in [2.24, 2.45) is 0 Å². The number of rotatable bonds is 6. The first-order valence-electron chi connectivity index (χ1n) is 10.0. The summed E-state index contributed by atoms with van der Waals surface area (Å²) in [6.07, 6.45) is 1.80. The Hall–Kier alpha value is -3.87. The quantitative estimate of drug-likeness (QED) is 0.659. The van der Waals surface area contributed by atoms with Crippen LogP contribution in [0.25, 0.3) is 0 Å². The topological polar surface area (TPSA) is 80.8 Å². The van der Waals surface area contributed by atoms with Crippen molar-refractivity contribution >= 4 is 17.5 Å². The summed E-state index contributed by atoms with van der Waals surface area (Å²) in [7, 11) is 1.60. The second-order valence-corrected chi connectivity index (χ2v) is 7.15. The minimum absolute atomic E-state index is 0.0838. The number of pyridine rings is 1. The maximum Gasteiger partial charge on any atom is 0.243 e. The molecular weight excluding hydrogens is 394 g/mol. The van der Waals surface area contributed by atoms with Crippen LogP contribution in [-0.4, -0.2) is 23.9 Å². The molecule has 1 N–H and O–H groups in total. The first kappa shape index (κ1) is 20.4. The fourth-order valence-corrected chi connectivity index (χ4v) is 3.41. The van der Waals surface area contributed by atoms with E-state index in [1.807, 2.05) is 48.5 Å². The van der Waals surface area contributed by atoms with Gasteiger partial charge in [-0.05, 0) is 35.9 Å². The molecule has 158 valence electrons. The minimum Gasteiger partial charge on any atom is -0.497 e. The molecule has 31 heavy (non-hydrogen) atoms. The highest BCUT2D eigenvalue weighted by Crippen LogP contribution is 2.37. The van der Waals surface area contributed by atoms with Gasteiger partial charge in [-0.1, -0.05) is 30.3 Å². The molecule has 1 aliphatic heterocycles. The van der Waals surface area contributed by atoms with E-state index in [2.05, 4.69) is 10.3 Å². The second kappa shape index (κ2) is 9.30. The molecule has 4 rings (SSSR count). The van der Waals surface area contributed by atoms with Crippen LogP contribution in [0.3, 0.4) is 0 Å². The smallest absolute Gasteiger partial charge is 0.243 e. The highest BCUT2D eigenvalue weighted by molar-refractivity contribution is 5.96. The number of benzene rings is 2. The number of fused-ring (bicyclic) bond motifs is 2. The standard InChI is InChI=1S/C24H23N3O4/c1-30-19-8-4-6-17(14-19)15-26-22(28)11-12-23(29)27-16-18-7-2-3-10-21(18)31-24-20(27)9-5-13-25-24/h2-10,13-14H,11-12,15-16H2,1H3,(H,26,28). The monoisotopic (exact) mass is 417 g/mol. The lowest BCUT2D eigenvalue weighted by atomic mass is 10.1. The van der Waals surface area contributed by atoms with Crippen LogP contribution in [0.2, 0.25) is 0 Å². The fraction of sp³-hybridized carbons (Fsp3) is 0.208.